The molecule has 0 aliphatic carbocycles. The first-order chi connectivity index (χ1) is 10.7. The van der Waals surface area contributed by atoms with Gasteiger partial charge in [0.05, 0.1) is 12.5 Å². The van der Waals surface area contributed by atoms with Gasteiger partial charge in [-0.3, -0.25) is 14.4 Å². The molecule has 0 fully saturated rings. The molecule has 0 saturated heterocycles. The van der Waals surface area contributed by atoms with E-state index in [-0.39, 0.29) is 19.0 Å². The van der Waals surface area contributed by atoms with Gasteiger partial charge < -0.3 is 15.7 Å². The van der Waals surface area contributed by atoms with E-state index in [1.807, 2.05) is 30.3 Å². The van der Waals surface area contributed by atoms with E-state index in [9.17, 15) is 19.5 Å². The van der Waals surface area contributed by atoms with Gasteiger partial charge in [-0.15, -0.1) is 0 Å². The smallest absolute Gasteiger partial charge is 0.308 e. The van der Waals surface area contributed by atoms with Crippen LogP contribution in [-0.4, -0.2) is 36.0 Å². The number of aliphatic carboxylic acids is 1. The van der Waals surface area contributed by atoms with Crippen LogP contribution in [0.25, 0.3) is 0 Å². The van der Waals surface area contributed by atoms with Crippen LogP contribution < -0.4 is 10.6 Å². The number of amides is 2. The number of carbonyl (C=O) groups excluding carboxylic acids is 2. The first-order valence-electron chi connectivity index (χ1n) is 7.52. The Bertz CT molecular complexity index is 549. The van der Waals surface area contributed by atoms with Gasteiger partial charge in [0.25, 0.3) is 0 Å². The second-order valence-electron chi connectivity index (χ2n) is 6.46. The highest BCUT2D eigenvalue weighted by molar-refractivity contribution is 5.87. The second-order valence-corrected chi connectivity index (χ2v) is 6.46. The van der Waals surface area contributed by atoms with Crippen LogP contribution >= 0.6 is 0 Å². The number of benzene rings is 1. The van der Waals surface area contributed by atoms with Crippen molar-refractivity contribution in [3.63, 3.8) is 0 Å². The summed E-state index contributed by atoms with van der Waals surface area (Å²) in [5, 5.41) is 14.3. The molecule has 0 aromatic heterocycles. The summed E-state index contributed by atoms with van der Waals surface area (Å²) in [5.74, 6) is -2.30. The van der Waals surface area contributed by atoms with E-state index in [0.29, 0.717) is 6.42 Å². The van der Waals surface area contributed by atoms with Crippen LogP contribution in [0.1, 0.15) is 26.3 Å². The Kier molecular flexibility index (Phi) is 6.75. The van der Waals surface area contributed by atoms with Gasteiger partial charge in [-0.1, -0.05) is 51.1 Å². The van der Waals surface area contributed by atoms with Crippen molar-refractivity contribution < 1.29 is 19.5 Å². The number of hydrogen-bond donors (Lipinski definition) is 3. The highest BCUT2D eigenvalue weighted by atomic mass is 16.4. The van der Waals surface area contributed by atoms with Gasteiger partial charge in [-0.05, 0) is 12.0 Å². The molecule has 3 N–H and O–H groups in total. The van der Waals surface area contributed by atoms with Crippen molar-refractivity contribution in [1.82, 2.24) is 10.6 Å². The van der Waals surface area contributed by atoms with Crippen molar-refractivity contribution in [2.45, 2.75) is 27.2 Å². The van der Waals surface area contributed by atoms with Crippen LogP contribution in [0, 0.1) is 11.3 Å². The molecule has 1 aromatic rings. The Morgan fingerprint density at radius 1 is 1.09 bits per heavy atom. The largest absolute Gasteiger partial charge is 0.481 e. The molecule has 6 heteroatoms. The van der Waals surface area contributed by atoms with E-state index in [2.05, 4.69) is 10.6 Å². The number of nitrogens with one attached hydrogen (secondary N) is 2. The maximum Gasteiger partial charge on any atom is 0.308 e. The summed E-state index contributed by atoms with van der Waals surface area (Å²) >= 11 is 0. The fourth-order valence-corrected chi connectivity index (χ4v) is 1.87. The van der Waals surface area contributed by atoms with E-state index >= 15 is 0 Å². The number of rotatable bonds is 7. The van der Waals surface area contributed by atoms with E-state index in [4.69, 9.17) is 0 Å². The third kappa shape index (κ3) is 6.95. The topological polar surface area (TPSA) is 95.5 Å². The van der Waals surface area contributed by atoms with Crippen LogP contribution in [0.5, 0.6) is 0 Å². The molecule has 1 atom stereocenters. The van der Waals surface area contributed by atoms with E-state index in [1.165, 1.54) is 0 Å². The number of carboxylic acids is 1. The Hall–Kier alpha value is -2.37. The Morgan fingerprint density at radius 3 is 2.22 bits per heavy atom. The molecule has 1 rings (SSSR count). The molecule has 6 nitrogen and oxygen atoms in total. The second kappa shape index (κ2) is 8.31. The van der Waals surface area contributed by atoms with Crippen molar-refractivity contribution in [3.05, 3.63) is 35.9 Å². The first-order valence-corrected chi connectivity index (χ1v) is 7.52. The fourth-order valence-electron chi connectivity index (χ4n) is 1.87. The summed E-state index contributed by atoms with van der Waals surface area (Å²) in [6.45, 7) is 5.11. The molecule has 1 unspecified atom stereocenters. The summed E-state index contributed by atoms with van der Waals surface area (Å²) in [6, 6.07) is 9.24. The predicted octanol–water partition coefficient (Wildman–Crippen LogP) is 1.21. The van der Waals surface area contributed by atoms with Gasteiger partial charge in [0.1, 0.15) is 0 Å². The van der Waals surface area contributed by atoms with Crippen LogP contribution in [0.2, 0.25) is 0 Å². The van der Waals surface area contributed by atoms with Crippen LogP contribution in [-0.2, 0) is 20.8 Å². The minimum absolute atomic E-state index is 0.0223. The molecule has 0 bridgehead atoms. The lowest BCUT2D eigenvalue weighted by Crippen LogP contribution is -2.43. The van der Waals surface area contributed by atoms with Gasteiger partial charge in [-0.2, -0.15) is 0 Å². The number of carboxylic acid groups (broad SMARTS) is 1. The van der Waals surface area contributed by atoms with Crippen molar-refractivity contribution in [2.24, 2.45) is 11.3 Å². The number of hydrogen-bond acceptors (Lipinski definition) is 3. The lowest BCUT2D eigenvalue weighted by atomic mass is 9.96. The standard InChI is InChI=1S/C17H24N2O4/c1-17(2,3)16(23)19-11-14(20)18-10-13(15(21)22)9-12-7-5-4-6-8-12/h4-8,13H,9-11H2,1-3H3,(H,18,20)(H,19,23)(H,21,22). The SMILES string of the molecule is CC(C)(C)C(=O)NCC(=O)NCC(Cc1ccccc1)C(=O)O. The Labute approximate surface area is 136 Å². The van der Waals surface area contributed by atoms with Gasteiger partial charge in [0.15, 0.2) is 0 Å². The minimum Gasteiger partial charge on any atom is -0.481 e. The van der Waals surface area contributed by atoms with E-state index < -0.39 is 23.2 Å². The molecule has 0 spiro atoms. The summed E-state index contributed by atoms with van der Waals surface area (Å²) in [6.07, 6.45) is 0.338. The zero-order valence-corrected chi connectivity index (χ0v) is 13.8. The average molecular weight is 320 g/mol. The maximum atomic E-state index is 11.7. The zero-order chi connectivity index (χ0) is 17.5. The Balaban J connectivity index is 2.45. The monoisotopic (exact) mass is 320 g/mol. The molecule has 2 amide bonds. The van der Waals surface area contributed by atoms with Crippen LogP contribution in [0.4, 0.5) is 0 Å². The van der Waals surface area contributed by atoms with Gasteiger partial charge in [-0.25, -0.2) is 0 Å². The van der Waals surface area contributed by atoms with Crippen molar-refractivity contribution in [1.29, 1.82) is 0 Å². The molecule has 0 radical (unpaired) electrons. The highest BCUT2D eigenvalue weighted by Gasteiger charge is 2.22. The molecule has 126 valence electrons. The fraction of sp³-hybridized carbons (Fsp3) is 0.471. The predicted molar refractivity (Wildman–Crippen MR) is 86.7 cm³/mol. The summed E-state index contributed by atoms with van der Waals surface area (Å²) in [4.78, 5) is 34.7. The highest BCUT2D eigenvalue weighted by Crippen LogP contribution is 2.12. The lowest BCUT2D eigenvalue weighted by molar-refractivity contribution is -0.141. The molecule has 1 aromatic carbocycles. The van der Waals surface area contributed by atoms with Gasteiger partial charge in [0, 0.05) is 12.0 Å². The summed E-state index contributed by atoms with van der Waals surface area (Å²) in [5.41, 5.74) is 0.326. The zero-order valence-electron chi connectivity index (χ0n) is 13.8. The molecular weight excluding hydrogens is 296 g/mol. The molecular formula is C17H24N2O4. The molecule has 0 heterocycles. The van der Waals surface area contributed by atoms with Gasteiger partial charge >= 0.3 is 5.97 Å². The molecule has 0 aliphatic heterocycles. The third-order valence-corrected chi connectivity index (χ3v) is 3.31. The number of carbonyl (C=O) groups is 3. The maximum absolute atomic E-state index is 11.7. The summed E-state index contributed by atoms with van der Waals surface area (Å²) < 4.78 is 0. The quantitative estimate of drug-likeness (QED) is 0.703. The summed E-state index contributed by atoms with van der Waals surface area (Å²) in [7, 11) is 0. The molecule has 23 heavy (non-hydrogen) atoms. The molecule has 0 aliphatic rings. The third-order valence-electron chi connectivity index (χ3n) is 3.31. The lowest BCUT2D eigenvalue weighted by Gasteiger charge is -2.18. The van der Waals surface area contributed by atoms with Crippen molar-refractivity contribution in [3.8, 4) is 0 Å². The first kappa shape index (κ1) is 18.7. The van der Waals surface area contributed by atoms with Crippen LogP contribution in [0.3, 0.4) is 0 Å². The van der Waals surface area contributed by atoms with Crippen molar-refractivity contribution in [2.75, 3.05) is 13.1 Å². The minimum atomic E-state index is -0.965. The van der Waals surface area contributed by atoms with Crippen LogP contribution in [0.15, 0.2) is 30.3 Å². The normalized spacial score (nSPS) is 12.3. The molecule has 0 saturated carbocycles. The Morgan fingerprint density at radius 2 is 1.70 bits per heavy atom. The van der Waals surface area contributed by atoms with E-state index in [1.54, 1.807) is 20.8 Å². The van der Waals surface area contributed by atoms with E-state index in [0.717, 1.165) is 5.56 Å². The van der Waals surface area contributed by atoms with Crippen molar-refractivity contribution >= 4 is 17.8 Å². The van der Waals surface area contributed by atoms with Gasteiger partial charge in [0.2, 0.25) is 11.8 Å². The average Bonchev–Trinajstić information content (AvgIpc) is 2.48.